The molecule has 2 aliphatic heterocycles. The van der Waals surface area contributed by atoms with E-state index in [1.807, 2.05) is 13.8 Å². The van der Waals surface area contributed by atoms with Gasteiger partial charge >= 0.3 is 0 Å². The van der Waals surface area contributed by atoms with E-state index in [-0.39, 0.29) is 53.4 Å². The first-order valence-electron chi connectivity index (χ1n) is 23.6. The molecule has 0 saturated carbocycles. The molecule has 6 amide bonds. The van der Waals surface area contributed by atoms with Gasteiger partial charge in [0.15, 0.2) is 0 Å². The van der Waals surface area contributed by atoms with Gasteiger partial charge < -0.3 is 36.4 Å². The van der Waals surface area contributed by atoms with Crippen molar-refractivity contribution in [3.8, 4) is 22.3 Å². The molecule has 4 aliphatic rings. The third kappa shape index (κ3) is 9.89. The number of nitrogens with one attached hydrogen (secondary N) is 5. The Bertz CT molecular complexity index is 2070. The lowest BCUT2D eigenvalue weighted by molar-refractivity contribution is -0.141. The third-order valence-electron chi connectivity index (χ3n) is 14.2. The zero-order valence-electron chi connectivity index (χ0n) is 38.4. The summed E-state index contributed by atoms with van der Waals surface area (Å²) in [4.78, 5) is 82.9. The number of carbonyl (C=O) groups is 6. The monoisotopic (exact) mass is 874 g/mol. The normalized spacial score (nSPS) is 22.3. The maximum atomic E-state index is 13.9. The highest BCUT2D eigenvalue weighted by molar-refractivity contribution is 5.94. The Labute approximate surface area is 378 Å². The fraction of sp³-hybridized carbons (Fsp3) is 0.529. The molecule has 0 bridgehead atoms. The number of likely N-dealkylation sites (N-methyl/N-ethyl adjacent to an activating group) is 1. The maximum Gasteiger partial charge on any atom is 0.245 e. The Morgan fingerprint density at radius 2 is 1.02 bits per heavy atom. The van der Waals surface area contributed by atoms with Gasteiger partial charge in [0.25, 0.3) is 0 Å². The molecule has 3 aromatic rings. The van der Waals surface area contributed by atoms with E-state index in [9.17, 15) is 28.8 Å². The third-order valence-corrected chi connectivity index (χ3v) is 14.2. The summed E-state index contributed by atoms with van der Waals surface area (Å²) in [5.41, 5.74) is 9.17. The van der Waals surface area contributed by atoms with Crippen molar-refractivity contribution in [3.63, 3.8) is 0 Å². The molecule has 3 aromatic carbocycles. The summed E-state index contributed by atoms with van der Waals surface area (Å²) in [6, 6.07) is 18.0. The van der Waals surface area contributed by atoms with Gasteiger partial charge in [-0.15, -0.1) is 0 Å². The van der Waals surface area contributed by atoms with Crippen molar-refractivity contribution in [2.24, 2.45) is 5.92 Å². The number of benzene rings is 3. The van der Waals surface area contributed by atoms with Crippen LogP contribution in [0.2, 0.25) is 0 Å². The molecule has 8 atom stereocenters. The number of likely N-dealkylation sites (tertiary alicyclic amines) is 2. The first-order valence-corrected chi connectivity index (χ1v) is 23.6. The zero-order chi connectivity index (χ0) is 45.7. The molecule has 2 heterocycles. The smallest absolute Gasteiger partial charge is 0.245 e. The second kappa shape index (κ2) is 20.5. The summed E-state index contributed by atoms with van der Waals surface area (Å²) in [6.45, 7) is 9.86. The predicted octanol–water partition coefficient (Wildman–Crippen LogP) is 5.65. The van der Waals surface area contributed by atoms with Gasteiger partial charge in [-0.3, -0.25) is 28.8 Å². The number of rotatable bonds is 14. The Balaban J connectivity index is 1.02. The minimum Gasteiger partial charge on any atom is -0.347 e. The van der Waals surface area contributed by atoms with Crippen LogP contribution in [0, 0.1) is 5.92 Å². The molecule has 5 N–H and O–H groups in total. The summed E-state index contributed by atoms with van der Waals surface area (Å²) >= 11 is 0. The molecule has 13 nitrogen and oxygen atoms in total. The van der Waals surface area contributed by atoms with Gasteiger partial charge in [0.1, 0.15) is 24.2 Å². The zero-order valence-corrected chi connectivity index (χ0v) is 38.4. The predicted molar refractivity (Wildman–Crippen MR) is 248 cm³/mol. The first kappa shape index (κ1) is 46.4. The van der Waals surface area contributed by atoms with Crippen molar-refractivity contribution in [2.75, 3.05) is 20.1 Å². The quantitative estimate of drug-likeness (QED) is 0.140. The van der Waals surface area contributed by atoms with Gasteiger partial charge in [-0.2, -0.15) is 0 Å². The molecule has 2 aliphatic carbocycles. The van der Waals surface area contributed by atoms with Gasteiger partial charge in [-0.05, 0) is 143 Å². The molecule has 0 radical (unpaired) electrons. The van der Waals surface area contributed by atoms with E-state index in [4.69, 9.17) is 0 Å². The van der Waals surface area contributed by atoms with Gasteiger partial charge in [0, 0.05) is 19.0 Å². The Morgan fingerprint density at radius 3 is 1.44 bits per heavy atom. The summed E-state index contributed by atoms with van der Waals surface area (Å²) < 4.78 is 0. The van der Waals surface area contributed by atoms with Gasteiger partial charge in [0.2, 0.25) is 35.4 Å². The second-order valence-electron chi connectivity index (χ2n) is 18.4. The molecule has 7 rings (SSSR count). The van der Waals surface area contributed by atoms with Crippen LogP contribution in [0.25, 0.3) is 22.3 Å². The highest BCUT2D eigenvalue weighted by Crippen LogP contribution is 2.40. The summed E-state index contributed by atoms with van der Waals surface area (Å²) in [5, 5.41) is 15.2. The fourth-order valence-corrected chi connectivity index (χ4v) is 10.1. The molecule has 0 unspecified atom stereocenters. The van der Waals surface area contributed by atoms with Gasteiger partial charge in [-0.1, -0.05) is 74.5 Å². The van der Waals surface area contributed by atoms with E-state index >= 15 is 0 Å². The minimum atomic E-state index is -0.738. The van der Waals surface area contributed by atoms with Crippen LogP contribution in [0.5, 0.6) is 0 Å². The van der Waals surface area contributed by atoms with Crippen molar-refractivity contribution in [1.82, 2.24) is 36.4 Å². The molecular weight excluding hydrogens is 807 g/mol. The summed E-state index contributed by atoms with van der Waals surface area (Å²) in [7, 11) is 1.69. The lowest BCUT2D eigenvalue weighted by Crippen LogP contribution is -2.54. The van der Waals surface area contributed by atoms with Crippen LogP contribution in [-0.4, -0.2) is 95.6 Å². The van der Waals surface area contributed by atoms with Crippen LogP contribution in [0.4, 0.5) is 0 Å². The average molecular weight is 874 g/mol. The van der Waals surface area contributed by atoms with Crippen LogP contribution in [0.1, 0.15) is 127 Å². The molecule has 342 valence electrons. The van der Waals surface area contributed by atoms with E-state index in [1.165, 1.54) is 11.1 Å². The van der Waals surface area contributed by atoms with Gasteiger partial charge in [0.05, 0.1) is 18.1 Å². The van der Waals surface area contributed by atoms with Crippen LogP contribution in [-0.2, 0) is 41.6 Å². The minimum absolute atomic E-state index is 0.144. The van der Waals surface area contributed by atoms with Crippen molar-refractivity contribution in [3.05, 3.63) is 82.9 Å². The molecule has 64 heavy (non-hydrogen) atoms. The standard InChI is InChI=1S/C51H67N7O6/c1-7-30(2)46(59)53-32(4)50(63)57-28-12-22-44(57)48(61)55-42-20-10-16-38-36(14-8-18-40(38)42)34-24-26-35(27-25-34)37-15-9-19-41-39(37)17-11-21-43(41)56-49(62)45-23-13-29-58(45)51(64)33(5)54-47(60)31(3)52-6/h8-9,14-15,18-19,24-27,30-33,42-45,52H,7,10-13,16-17,20-23,28-29H2,1-6H3,(H,53,59)(H,54,60)(H,55,61)(H,56,62)/t30-,31+,32+,33+,42-,43-,44+,45+/m1/s1. The van der Waals surface area contributed by atoms with Crippen LogP contribution in [0.15, 0.2) is 60.7 Å². The topological polar surface area (TPSA) is 169 Å². The number of hydrogen-bond donors (Lipinski definition) is 5. The molecule has 2 fully saturated rings. The Hall–Kier alpha value is -5.56. The number of amides is 6. The van der Waals surface area contributed by atoms with Crippen molar-refractivity contribution < 1.29 is 28.8 Å². The SMILES string of the molecule is CC[C@@H](C)C(=O)N[C@@H](C)C(=O)N1CCC[C@H]1C(=O)N[C@@H]1CCCc2c(-c3ccc(-c4cccc5c4CCC[C@H]5NC(=O)[C@@H]4CCCN4C(=O)[C@H](C)NC(=O)[C@H](C)NC)cc3)cccc21. The van der Waals surface area contributed by atoms with E-state index < -0.39 is 30.2 Å². The fourth-order valence-electron chi connectivity index (χ4n) is 10.1. The largest absolute Gasteiger partial charge is 0.347 e. The molecule has 2 saturated heterocycles. The molecular formula is C51H67N7O6. The van der Waals surface area contributed by atoms with E-state index in [1.54, 1.807) is 37.6 Å². The second-order valence-corrected chi connectivity index (χ2v) is 18.4. The maximum absolute atomic E-state index is 13.9. The van der Waals surface area contributed by atoms with Crippen LogP contribution in [0.3, 0.4) is 0 Å². The number of carbonyl (C=O) groups excluding carboxylic acids is 6. The highest BCUT2D eigenvalue weighted by Gasteiger charge is 2.40. The summed E-state index contributed by atoms with van der Waals surface area (Å²) in [6.07, 6.45) is 8.61. The van der Waals surface area contributed by atoms with Crippen LogP contribution >= 0.6 is 0 Å². The summed E-state index contributed by atoms with van der Waals surface area (Å²) in [5.74, 6) is -1.36. The molecule has 0 spiro atoms. The lowest BCUT2D eigenvalue weighted by Gasteiger charge is -2.32. The number of hydrogen-bond acceptors (Lipinski definition) is 7. The van der Waals surface area contributed by atoms with E-state index in [0.29, 0.717) is 32.4 Å². The Morgan fingerprint density at radius 1 is 0.578 bits per heavy atom. The average Bonchev–Trinajstić information content (AvgIpc) is 4.02. The van der Waals surface area contributed by atoms with Crippen molar-refractivity contribution in [2.45, 2.75) is 148 Å². The first-order chi connectivity index (χ1) is 30.8. The van der Waals surface area contributed by atoms with Crippen LogP contribution < -0.4 is 26.6 Å². The van der Waals surface area contributed by atoms with E-state index in [2.05, 4.69) is 87.2 Å². The Kier molecular flexibility index (Phi) is 14.9. The van der Waals surface area contributed by atoms with E-state index in [0.717, 1.165) is 84.7 Å². The molecule has 13 heteroatoms. The molecule has 0 aromatic heterocycles. The van der Waals surface area contributed by atoms with Crippen molar-refractivity contribution in [1.29, 1.82) is 0 Å². The number of fused-ring (bicyclic) bond motifs is 2. The van der Waals surface area contributed by atoms with Crippen molar-refractivity contribution >= 4 is 35.4 Å². The number of nitrogens with zero attached hydrogens (tertiary/aromatic N) is 2. The highest BCUT2D eigenvalue weighted by atomic mass is 16.2. The lowest BCUT2D eigenvalue weighted by atomic mass is 9.81. The van der Waals surface area contributed by atoms with Gasteiger partial charge in [-0.25, -0.2) is 0 Å².